The molecule has 0 spiro atoms. The highest BCUT2D eigenvalue weighted by Crippen LogP contribution is 2.28. The third kappa shape index (κ3) is 3.28. The maximum Gasteiger partial charge on any atom is 0.126 e. The summed E-state index contributed by atoms with van der Waals surface area (Å²) in [4.78, 5) is 0.745. The van der Waals surface area contributed by atoms with Crippen molar-refractivity contribution >= 4 is 38.9 Å². The van der Waals surface area contributed by atoms with Crippen molar-refractivity contribution in [1.82, 2.24) is 0 Å². The second kappa shape index (κ2) is 5.48. The molecule has 1 unspecified atom stereocenters. The normalized spacial score (nSPS) is 12.7. The van der Waals surface area contributed by atoms with E-state index in [0.29, 0.717) is 10.6 Å². The van der Waals surface area contributed by atoms with Crippen LogP contribution in [0.15, 0.2) is 34.1 Å². The van der Waals surface area contributed by atoms with Gasteiger partial charge in [-0.05, 0) is 29.8 Å². The standard InChI is InChI=1S/C12H9BrClFOS/c13-8-1-2-10(15)7(3-8)4-11(16)12-5-9(14)6-17-12/h1-3,5-6,11,16H,4H2. The Morgan fingerprint density at radius 2 is 2.18 bits per heavy atom. The molecule has 1 aromatic carbocycles. The summed E-state index contributed by atoms with van der Waals surface area (Å²) in [6, 6.07) is 6.39. The first kappa shape index (κ1) is 13.0. The summed E-state index contributed by atoms with van der Waals surface area (Å²) in [7, 11) is 0. The summed E-state index contributed by atoms with van der Waals surface area (Å²) >= 11 is 10.4. The van der Waals surface area contributed by atoms with E-state index in [0.717, 1.165) is 9.35 Å². The molecule has 0 saturated heterocycles. The average Bonchev–Trinajstić information content (AvgIpc) is 2.70. The van der Waals surface area contributed by atoms with Crippen LogP contribution in [-0.2, 0) is 6.42 Å². The van der Waals surface area contributed by atoms with Crippen LogP contribution in [0.1, 0.15) is 16.5 Å². The van der Waals surface area contributed by atoms with E-state index in [-0.39, 0.29) is 12.2 Å². The first-order valence-corrected chi connectivity index (χ1v) is 6.97. The fourth-order valence-electron chi connectivity index (χ4n) is 1.51. The molecular formula is C12H9BrClFOS. The van der Waals surface area contributed by atoms with Gasteiger partial charge in [0.15, 0.2) is 0 Å². The van der Waals surface area contributed by atoms with Gasteiger partial charge in [0.05, 0.1) is 11.1 Å². The molecule has 1 heterocycles. The zero-order chi connectivity index (χ0) is 12.4. The Morgan fingerprint density at radius 1 is 1.41 bits per heavy atom. The van der Waals surface area contributed by atoms with Crippen LogP contribution in [0.2, 0.25) is 5.02 Å². The molecule has 17 heavy (non-hydrogen) atoms. The van der Waals surface area contributed by atoms with Crippen molar-refractivity contribution in [3.63, 3.8) is 0 Å². The largest absolute Gasteiger partial charge is 0.387 e. The second-order valence-corrected chi connectivity index (χ2v) is 5.92. The minimum atomic E-state index is -0.726. The monoisotopic (exact) mass is 334 g/mol. The Labute approximate surface area is 116 Å². The summed E-state index contributed by atoms with van der Waals surface area (Å²) in [5.74, 6) is -0.310. The van der Waals surface area contributed by atoms with E-state index < -0.39 is 6.10 Å². The smallest absolute Gasteiger partial charge is 0.126 e. The lowest BCUT2D eigenvalue weighted by Crippen LogP contribution is -2.01. The molecule has 90 valence electrons. The Bertz CT molecular complexity index is 529. The predicted molar refractivity (Wildman–Crippen MR) is 72.1 cm³/mol. The summed E-state index contributed by atoms with van der Waals surface area (Å²) in [5.41, 5.74) is 0.483. The molecular weight excluding hydrogens is 327 g/mol. The van der Waals surface area contributed by atoms with E-state index in [1.165, 1.54) is 17.4 Å². The molecule has 0 bridgehead atoms. The molecule has 0 aliphatic carbocycles. The topological polar surface area (TPSA) is 20.2 Å². The summed E-state index contributed by atoms with van der Waals surface area (Å²) in [6.07, 6.45) is -0.487. The van der Waals surface area contributed by atoms with Crippen LogP contribution in [0, 0.1) is 5.82 Å². The highest BCUT2D eigenvalue weighted by molar-refractivity contribution is 9.10. The van der Waals surface area contributed by atoms with Crippen LogP contribution in [-0.4, -0.2) is 5.11 Å². The first-order valence-electron chi connectivity index (χ1n) is 4.92. The highest BCUT2D eigenvalue weighted by Gasteiger charge is 2.13. The molecule has 0 aliphatic rings. The maximum atomic E-state index is 13.5. The van der Waals surface area contributed by atoms with Gasteiger partial charge in [0.1, 0.15) is 5.82 Å². The zero-order valence-electron chi connectivity index (χ0n) is 8.66. The molecule has 1 atom stereocenters. The van der Waals surface area contributed by atoms with Crippen molar-refractivity contribution in [3.05, 3.63) is 55.4 Å². The molecule has 0 amide bonds. The molecule has 0 radical (unpaired) electrons. The van der Waals surface area contributed by atoms with Gasteiger partial charge < -0.3 is 5.11 Å². The summed E-state index contributed by atoms with van der Waals surface area (Å²) in [5, 5.41) is 12.3. The van der Waals surface area contributed by atoms with Crippen LogP contribution < -0.4 is 0 Å². The van der Waals surface area contributed by atoms with Gasteiger partial charge >= 0.3 is 0 Å². The lowest BCUT2D eigenvalue weighted by atomic mass is 10.1. The Kier molecular flexibility index (Phi) is 4.20. The predicted octanol–water partition coefficient (Wildman–Crippen LogP) is 4.58. The SMILES string of the molecule is OC(Cc1cc(Br)ccc1F)c1cc(Cl)cs1. The molecule has 0 saturated carbocycles. The average molecular weight is 336 g/mol. The van der Waals surface area contributed by atoms with E-state index in [1.807, 2.05) is 0 Å². The quantitative estimate of drug-likeness (QED) is 0.870. The van der Waals surface area contributed by atoms with E-state index >= 15 is 0 Å². The van der Waals surface area contributed by atoms with Gasteiger partial charge in [-0.15, -0.1) is 11.3 Å². The molecule has 2 rings (SSSR count). The van der Waals surface area contributed by atoms with Crippen LogP contribution in [0.25, 0.3) is 0 Å². The van der Waals surface area contributed by atoms with Gasteiger partial charge in [0.2, 0.25) is 0 Å². The Hall–Kier alpha value is -0.420. The molecule has 1 N–H and O–H groups in total. The highest BCUT2D eigenvalue weighted by atomic mass is 79.9. The van der Waals surface area contributed by atoms with Gasteiger partial charge in [0, 0.05) is 21.2 Å². The third-order valence-electron chi connectivity index (χ3n) is 2.34. The van der Waals surface area contributed by atoms with Gasteiger partial charge in [-0.2, -0.15) is 0 Å². The molecule has 0 fully saturated rings. The number of thiophene rings is 1. The van der Waals surface area contributed by atoms with Crippen molar-refractivity contribution < 1.29 is 9.50 Å². The van der Waals surface area contributed by atoms with E-state index in [9.17, 15) is 9.50 Å². The van der Waals surface area contributed by atoms with Gasteiger partial charge in [0.25, 0.3) is 0 Å². The van der Waals surface area contributed by atoms with E-state index in [4.69, 9.17) is 11.6 Å². The number of hydrogen-bond acceptors (Lipinski definition) is 2. The lowest BCUT2D eigenvalue weighted by molar-refractivity contribution is 0.181. The molecule has 1 aromatic heterocycles. The number of halogens is 3. The fourth-order valence-corrected chi connectivity index (χ4v) is 2.99. The number of hydrogen-bond donors (Lipinski definition) is 1. The minimum Gasteiger partial charge on any atom is -0.387 e. The number of aliphatic hydroxyl groups excluding tert-OH is 1. The number of rotatable bonds is 3. The molecule has 1 nitrogen and oxygen atoms in total. The summed E-state index contributed by atoms with van der Waals surface area (Å²) in [6.45, 7) is 0. The molecule has 2 aromatic rings. The zero-order valence-corrected chi connectivity index (χ0v) is 11.8. The van der Waals surface area contributed by atoms with Crippen molar-refractivity contribution in [2.45, 2.75) is 12.5 Å². The van der Waals surface area contributed by atoms with E-state index in [2.05, 4.69) is 15.9 Å². The maximum absolute atomic E-state index is 13.5. The number of aliphatic hydroxyl groups is 1. The van der Waals surface area contributed by atoms with Crippen molar-refractivity contribution in [1.29, 1.82) is 0 Å². The fraction of sp³-hybridized carbons (Fsp3) is 0.167. The van der Waals surface area contributed by atoms with Gasteiger partial charge in [-0.3, -0.25) is 0 Å². The molecule has 5 heteroatoms. The lowest BCUT2D eigenvalue weighted by Gasteiger charge is -2.09. The minimum absolute atomic E-state index is 0.238. The second-order valence-electron chi connectivity index (χ2n) is 3.62. The van der Waals surface area contributed by atoms with Crippen molar-refractivity contribution in [3.8, 4) is 0 Å². The van der Waals surface area contributed by atoms with E-state index in [1.54, 1.807) is 23.6 Å². The molecule has 0 aliphatic heterocycles. The summed E-state index contributed by atoms with van der Waals surface area (Å²) < 4.78 is 14.3. The van der Waals surface area contributed by atoms with Crippen LogP contribution in [0.5, 0.6) is 0 Å². The van der Waals surface area contributed by atoms with Crippen LogP contribution >= 0.6 is 38.9 Å². The van der Waals surface area contributed by atoms with Crippen molar-refractivity contribution in [2.24, 2.45) is 0 Å². The van der Waals surface area contributed by atoms with Crippen molar-refractivity contribution in [2.75, 3.05) is 0 Å². The van der Waals surface area contributed by atoms with Gasteiger partial charge in [-0.25, -0.2) is 4.39 Å². The Morgan fingerprint density at radius 3 is 2.82 bits per heavy atom. The van der Waals surface area contributed by atoms with Crippen LogP contribution in [0.4, 0.5) is 4.39 Å². The van der Waals surface area contributed by atoms with Gasteiger partial charge in [-0.1, -0.05) is 27.5 Å². The third-order valence-corrected chi connectivity index (χ3v) is 4.21. The number of benzene rings is 1. The Balaban J connectivity index is 2.18. The van der Waals surface area contributed by atoms with Crippen LogP contribution in [0.3, 0.4) is 0 Å². The first-order chi connectivity index (χ1) is 8.06.